The molecule has 2 aromatic carbocycles. The second-order valence-electron chi connectivity index (χ2n) is 6.81. The number of rotatable bonds is 9. The Hall–Kier alpha value is -3.24. The van der Waals surface area contributed by atoms with Gasteiger partial charge in [-0.3, -0.25) is 14.4 Å². The Morgan fingerprint density at radius 1 is 1.03 bits per heavy atom. The van der Waals surface area contributed by atoms with Crippen molar-refractivity contribution in [3.63, 3.8) is 0 Å². The molecule has 0 saturated heterocycles. The number of nitrogens with one attached hydrogen (secondary N) is 2. The maximum atomic E-state index is 12.4. The number of amides is 2. The van der Waals surface area contributed by atoms with Crippen molar-refractivity contribution < 1.29 is 27.5 Å². The maximum Gasteiger partial charge on any atom is 0.307 e. The molecule has 0 aliphatic carbocycles. The molecule has 2 amide bonds. The van der Waals surface area contributed by atoms with E-state index < -0.39 is 33.8 Å². The molecule has 0 fully saturated rings. The minimum absolute atomic E-state index is 0.0307. The largest absolute Gasteiger partial charge is 0.469 e. The average Bonchev–Trinajstić information content (AvgIpc) is 2.77. The summed E-state index contributed by atoms with van der Waals surface area (Å²) in [6.07, 6.45) is -0.0648. The van der Waals surface area contributed by atoms with E-state index >= 15 is 0 Å². The molecule has 31 heavy (non-hydrogen) atoms. The van der Waals surface area contributed by atoms with Gasteiger partial charge in [-0.15, -0.1) is 0 Å². The molecule has 0 heterocycles. The highest BCUT2D eigenvalue weighted by atomic mass is 32.2. The van der Waals surface area contributed by atoms with E-state index in [1.165, 1.54) is 45.5 Å². The molecule has 10 heteroatoms. The third-order valence-electron chi connectivity index (χ3n) is 4.42. The lowest BCUT2D eigenvalue weighted by molar-refractivity contribution is -0.141. The fourth-order valence-corrected chi connectivity index (χ4v) is 3.65. The van der Waals surface area contributed by atoms with Crippen LogP contribution in [0, 0.1) is 0 Å². The molecule has 1 atom stereocenters. The fraction of sp³-hybridized carbons (Fsp3) is 0.286. The summed E-state index contributed by atoms with van der Waals surface area (Å²) in [5, 5.41) is 5.15. The van der Waals surface area contributed by atoms with Crippen molar-refractivity contribution >= 4 is 27.8 Å². The van der Waals surface area contributed by atoms with E-state index in [2.05, 4.69) is 15.4 Å². The molecule has 1 unspecified atom stereocenters. The Kier molecular flexibility index (Phi) is 8.29. The minimum Gasteiger partial charge on any atom is -0.469 e. The maximum absolute atomic E-state index is 12.4. The number of methoxy groups -OCH3 is 1. The fourth-order valence-electron chi connectivity index (χ4n) is 2.70. The Morgan fingerprint density at radius 3 is 2.32 bits per heavy atom. The zero-order valence-electron chi connectivity index (χ0n) is 17.5. The molecule has 0 bridgehead atoms. The number of carbonyl (C=O) groups excluding carboxylic acids is 3. The highest BCUT2D eigenvalue weighted by Crippen LogP contribution is 2.17. The van der Waals surface area contributed by atoms with Gasteiger partial charge in [0, 0.05) is 19.7 Å². The van der Waals surface area contributed by atoms with E-state index in [0.29, 0.717) is 5.56 Å². The Bertz CT molecular complexity index is 1040. The van der Waals surface area contributed by atoms with Crippen LogP contribution in [-0.4, -0.2) is 58.3 Å². The number of benzene rings is 2. The van der Waals surface area contributed by atoms with Gasteiger partial charge in [0.25, 0.3) is 5.91 Å². The number of ether oxygens (including phenoxy) is 1. The molecule has 2 aromatic rings. The van der Waals surface area contributed by atoms with Crippen molar-refractivity contribution in [3.05, 3.63) is 65.7 Å². The summed E-state index contributed by atoms with van der Waals surface area (Å²) in [5.41, 5.74) is 0.819. The summed E-state index contributed by atoms with van der Waals surface area (Å²) in [5.74, 6) is -1.60. The van der Waals surface area contributed by atoms with Crippen LogP contribution in [-0.2, 0) is 24.3 Å². The van der Waals surface area contributed by atoms with Crippen LogP contribution in [0.2, 0.25) is 0 Å². The second kappa shape index (κ2) is 10.7. The molecule has 2 N–H and O–H groups in total. The number of hydrogen-bond acceptors (Lipinski definition) is 6. The molecule has 0 aliphatic heterocycles. The third kappa shape index (κ3) is 6.63. The number of sulfonamides is 1. The predicted molar refractivity (Wildman–Crippen MR) is 114 cm³/mol. The van der Waals surface area contributed by atoms with Gasteiger partial charge in [0.15, 0.2) is 0 Å². The first kappa shape index (κ1) is 24.0. The third-order valence-corrected chi connectivity index (χ3v) is 6.23. The average molecular weight is 448 g/mol. The van der Waals surface area contributed by atoms with Crippen LogP contribution in [0.25, 0.3) is 0 Å². The Labute approximate surface area is 181 Å². The van der Waals surface area contributed by atoms with Crippen LogP contribution >= 0.6 is 0 Å². The van der Waals surface area contributed by atoms with Crippen LogP contribution in [0.15, 0.2) is 59.5 Å². The smallest absolute Gasteiger partial charge is 0.307 e. The molecule has 0 spiro atoms. The highest BCUT2D eigenvalue weighted by molar-refractivity contribution is 7.89. The highest BCUT2D eigenvalue weighted by Gasteiger charge is 2.21. The van der Waals surface area contributed by atoms with Gasteiger partial charge in [-0.1, -0.05) is 36.4 Å². The molecule has 0 saturated carbocycles. The molecule has 0 radical (unpaired) electrons. The summed E-state index contributed by atoms with van der Waals surface area (Å²) in [4.78, 5) is 36.4. The summed E-state index contributed by atoms with van der Waals surface area (Å²) >= 11 is 0. The molecular weight excluding hydrogens is 422 g/mol. The number of nitrogens with zero attached hydrogens (tertiary/aromatic N) is 1. The first-order chi connectivity index (χ1) is 14.6. The van der Waals surface area contributed by atoms with Crippen molar-refractivity contribution in [1.82, 2.24) is 14.9 Å². The second-order valence-corrected chi connectivity index (χ2v) is 8.96. The Morgan fingerprint density at radius 2 is 1.71 bits per heavy atom. The number of hydrogen-bond donors (Lipinski definition) is 2. The van der Waals surface area contributed by atoms with Crippen LogP contribution in [0.4, 0.5) is 0 Å². The lowest BCUT2D eigenvalue weighted by Gasteiger charge is -2.18. The van der Waals surface area contributed by atoms with Crippen LogP contribution in [0.3, 0.4) is 0 Å². The summed E-state index contributed by atoms with van der Waals surface area (Å²) in [6, 6.07) is 13.8. The van der Waals surface area contributed by atoms with Crippen molar-refractivity contribution in [2.45, 2.75) is 17.4 Å². The monoisotopic (exact) mass is 447 g/mol. The van der Waals surface area contributed by atoms with Crippen LogP contribution < -0.4 is 10.6 Å². The lowest BCUT2D eigenvalue weighted by Crippen LogP contribution is -2.39. The van der Waals surface area contributed by atoms with Crippen molar-refractivity contribution in [2.75, 3.05) is 27.7 Å². The van der Waals surface area contributed by atoms with Crippen molar-refractivity contribution in [3.8, 4) is 0 Å². The Balaban J connectivity index is 2.04. The van der Waals surface area contributed by atoms with Gasteiger partial charge in [-0.05, 0) is 23.8 Å². The summed E-state index contributed by atoms with van der Waals surface area (Å²) in [7, 11) is 0.352. The van der Waals surface area contributed by atoms with E-state index in [0.717, 1.165) is 4.31 Å². The first-order valence-electron chi connectivity index (χ1n) is 9.37. The summed E-state index contributed by atoms with van der Waals surface area (Å²) in [6.45, 7) is -0.353. The van der Waals surface area contributed by atoms with E-state index in [1.807, 2.05) is 6.07 Å². The molecule has 9 nitrogen and oxygen atoms in total. The number of esters is 1. The van der Waals surface area contributed by atoms with Crippen LogP contribution in [0.5, 0.6) is 0 Å². The van der Waals surface area contributed by atoms with Gasteiger partial charge in [-0.25, -0.2) is 12.7 Å². The minimum atomic E-state index is -3.69. The van der Waals surface area contributed by atoms with Crippen molar-refractivity contribution in [1.29, 1.82) is 0 Å². The van der Waals surface area contributed by atoms with E-state index in [-0.39, 0.29) is 23.4 Å². The predicted octanol–water partition coefficient (Wildman–Crippen LogP) is 1.09. The first-order valence-corrected chi connectivity index (χ1v) is 10.8. The van der Waals surface area contributed by atoms with Gasteiger partial charge in [0.05, 0.1) is 31.0 Å². The van der Waals surface area contributed by atoms with E-state index in [9.17, 15) is 22.8 Å². The molecule has 166 valence electrons. The summed E-state index contributed by atoms with van der Waals surface area (Å²) < 4.78 is 30.2. The van der Waals surface area contributed by atoms with E-state index in [1.54, 1.807) is 24.3 Å². The standard InChI is InChI=1S/C21H25N3O6S/c1-24(2)31(28,29)17-11-7-10-16(12-17)21(27)22-14-19(25)23-18(13-20(26)30-3)15-8-5-4-6-9-15/h4-12,18H,13-14H2,1-3H3,(H,22,27)(H,23,25). The van der Waals surface area contributed by atoms with Gasteiger partial charge >= 0.3 is 5.97 Å². The number of carbonyl (C=O) groups is 3. The van der Waals surface area contributed by atoms with Gasteiger partial charge < -0.3 is 15.4 Å². The van der Waals surface area contributed by atoms with Gasteiger partial charge in [0.1, 0.15) is 0 Å². The molecule has 0 aromatic heterocycles. The van der Waals surface area contributed by atoms with Crippen molar-refractivity contribution in [2.24, 2.45) is 0 Å². The topological polar surface area (TPSA) is 122 Å². The lowest BCUT2D eigenvalue weighted by atomic mass is 10.0. The molecular formula is C21H25N3O6S. The quantitative estimate of drug-likeness (QED) is 0.555. The van der Waals surface area contributed by atoms with Crippen LogP contribution in [0.1, 0.15) is 28.4 Å². The zero-order chi connectivity index (χ0) is 23.0. The normalized spacial score (nSPS) is 12.1. The van der Waals surface area contributed by atoms with E-state index in [4.69, 9.17) is 0 Å². The molecule has 0 aliphatic rings. The van der Waals surface area contributed by atoms with Gasteiger partial charge in [0.2, 0.25) is 15.9 Å². The van der Waals surface area contributed by atoms with Gasteiger partial charge in [-0.2, -0.15) is 0 Å². The zero-order valence-corrected chi connectivity index (χ0v) is 18.3. The SMILES string of the molecule is COC(=O)CC(NC(=O)CNC(=O)c1cccc(S(=O)(=O)N(C)C)c1)c1ccccc1. The molecule has 2 rings (SSSR count).